The number of rotatable bonds is 17. The van der Waals surface area contributed by atoms with E-state index >= 15 is 0 Å². The summed E-state index contributed by atoms with van der Waals surface area (Å²) in [6.45, 7) is 2.27. The molecule has 0 aromatic rings. The molecule has 4 nitrogen and oxygen atoms in total. The predicted molar refractivity (Wildman–Crippen MR) is 95.1 cm³/mol. The van der Waals surface area contributed by atoms with Crippen LogP contribution in [0.1, 0.15) is 96.8 Å². The fourth-order valence-corrected chi connectivity index (χ4v) is 2.83. The molecule has 0 aromatic heterocycles. The maximum Gasteiger partial charge on any atom is 1.00 e. The van der Waals surface area contributed by atoms with Crippen molar-refractivity contribution in [3.63, 3.8) is 0 Å². The van der Waals surface area contributed by atoms with Crippen LogP contribution >= 0.6 is 0 Å². The summed E-state index contributed by atoms with van der Waals surface area (Å²) in [5, 5.41) is 0. The molecule has 0 saturated carbocycles. The monoisotopic (exact) mass is 386 g/mol. The number of unbranched alkanes of at least 4 members (excludes halogenated alkanes) is 12. The van der Waals surface area contributed by atoms with Crippen LogP contribution in [0, 0.1) is 0 Å². The second kappa shape index (κ2) is 20.6. The maximum absolute atomic E-state index is 10.2. The van der Waals surface area contributed by atoms with E-state index in [1.54, 1.807) is 0 Å². The van der Waals surface area contributed by atoms with Crippen molar-refractivity contribution in [2.75, 3.05) is 6.61 Å². The largest absolute Gasteiger partial charge is 1.00 e. The van der Waals surface area contributed by atoms with E-state index in [0.717, 1.165) is 25.7 Å². The van der Waals surface area contributed by atoms with E-state index in [-0.39, 0.29) is 58.0 Å². The Morgan fingerprint density at radius 2 is 1.17 bits per heavy atom. The molecule has 0 radical (unpaired) electrons. The van der Waals surface area contributed by atoms with Gasteiger partial charge >= 0.3 is 51.4 Å². The van der Waals surface area contributed by atoms with Gasteiger partial charge in [0.25, 0.3) is 0 Å². The minimum absolute atomic E-state index is 0. The van der Waals surface area contributed by atoms with Gasteiger partial charge in [0, 0.05) is 0 Å². The Morgan fingerprint density at radius 1 is 0.750 bits per heavy atom. The van der Waals surface area contributed by atoms with Gasteiger partial charge in [-0.25, -0.2) is 8.42 Å². The Hall–Kier alpha value is 1.25. The van der Waals surface area contributed by atoms with Gasteiger partial charge in [-0.1, -0.05) is 76.9 Å². The molecule has 138 valence electrons. The molecular formula is C18H35KO4S. The molecule has 0 aliphatic rings. The van der Waals surface area contributed by atoms with Crippen LogP contribution < -0.4 is 51.4 Å². The average molecular weight is 387 g/mol. The third-order valence-electron chi connectivity index (χ3n) is 3.88. The molecule has 0 spiro atoms. The van der Waals surface area contributed by atoms with Crippen LogP contribution in [0.4, 0.5) is 0 Å². The molecule has 24 heavy (non-hydrogen) atoms. The minimum atomic E-state index is -4.50. The third-order valence-corrected chi connectivity index (χ3v) is 4.34. The SMILES string of the molecule is CCCCCCCC/C=C\CCCCCCCCOS(=O)(=O)[O-].[K+]. The van der Waals surface area contributed by atoms with Crippen molar-refractivity contribution in [3.05, 3.63) is 12.2 Å². The van der Waals surface area contributed by atoms with Gasteiger partial charge < -0.3 is 4.55 Å². The van der Waals surface area contributed by atoms with Crippen LogP contribution in [0.25, 0.3) is 0 Å². The zero-order chi connectivity index (χ0) is 17.2. The Balaban J connectivity index is 0. The number of allylic oxidation sites excluding steroid dienone is 2. The van der Waals surface area contributed by atoms with Crippen molar-refractivity contribution < 1.29 is 68.5 Å². The normalized spacial score (nSPS) is 11.8. The molecule has 6 heteroatoms. The minimum Gasteiger partial charge on any atom is -0.726 e. The van der Waals surface area contributed by atoms with Crippen molar-refractivity contribution >= 4 is 10.4 Å². The molecule has 0 N–H and O–H groups in total. The molecule has 0 unspecified atom stereocenters. The summed E-state index contributed by atoms with van der Waals surface area (Å²) < 4.78 is 34.8. The van der Waals surface area contributed by atoms with Gasteiger partial charge in [0.15, 0.2) is 0 Å². The Morgan fingerprint density at radius 3 is 1.62 bits per heavy atom. The van der Waals surface area contributed by atoms with Crippen LogP contribution in [0.2, 0.25) is 0 Å². The standard InChI is InChI=1S/C18H36O4S.K/c1-2-3-4-5-6-7-8-9-10-11-12-13-14-15-16-17-18-22-23(19,20)21;/h9-10H,2-8,11-18H2,1H3,(H,19,20,21);/q;+1/p-1/b10-9-;. The van der Waals surface area contributed by atoms with Gasteiger partial charge in [0.05, 0.1) is 6.61 Å². The van der Waals surface area contributed by atoms with Crippen molar-refractivity contribution in [2.24, 2.45) is 0 Å². The van der Waals surface area contributed by atoms with Crippen LogP contribution in [0.15, 0.2) is 12.2 Å². The Labute approximate surface area is 192 Å². The summed E-state index contributed by atoms with van der Waals surface area (Å²) in [6.07, 6.45) is 21.4. The first-order valence-corrected chi connectivity index (χ1v) is 10.6. The molecule has 0 bridgehead atoms. The fourth-order valence-electron chi connectivity index (χ4n) is 2.51. The second-order valence-corrected chi connectivity index (χ2v) is 7.22. The van der Waals surface area contributed by atoms with Crippen molar-refractivity contribution in [1.29, 1.82) is 0 Å². The van der Waals surface area contributed by atoms with Gasteiger partial charge in [-0.05, 0) is 32.1 Å². The first-order chi connectivity index (χ1) is 11.1. The molecule has 0 heterocycles. The van der Waals surface area contributed by atoms with Gasteiger partial charge in [-0.2, -0.15) is 0 Å². The Bertz CT molecular complexity index is 369. The summed E-state index contributed by atoms with van der Waals surface area (Å²) in [6, 6.07) is 0. The molecular weight excluding hydrogens is 351 g/mol. The summed E-state index contributed by atoms with van der Waals surface area (Å²) in [7, 11) is -4.50. The van der Waals surface area contributed by atoms with Crippen molar-refractivity contribution in [1.82, 2.24) is 0 Å². The fraction of sp³-hybridized carbons (Fsp3) is 0.889. The van der Waals surface area contributed by atoms with E-state index in [2.05, 4.69) is 23.3 Å². The first-order valence-electron chi connectivity index (χ1n) is 9.31. The van der Waals surface area contributed by atoms with Crippen LogP contribution in [0.5, 0.6) is 0 Å². The number of hydrogen-bond donors (Lipinski definition) is 0. The number of hydrogen-bond acceptors (Lipinski definition) is 4. The molecule has 0 aromatic carbocycles. The molecule has 0 saturated heterocycles. The maximum atomic E-state index is 10.2. The van der Waals surface area contributed by atoms with Gasteiger partial charge in [-0.3, -0.25) is 4.18 Å². The second-order valence-electron chi connectivity index (χ2n) is 6.17. The molecule has 0 aliphatic heterocycles. The van der Waals surface area contributed by atoms with E-state index in [9.17, 15) is 13.0 Å². The molecule has 0 aliphatic carbocycles. The smallest absolute Gasteiger partial charge is 0.726 e. The average Bonchev–Trinajstić information content (AvgIpc) is 2.49. The van der Waals surface area contributed by atoms with E-state index in [4.69, 9.17) is 0 Å². The van der Waals surface area contributed by atoms with Crippen LogP contribution in [-0.2, 0) is 14.6 Å². The predicted octanol–water partition coefficient (Wildman–Crippen LogP) is 2.50. The summed E-state index contributed by atoms with van der Waals surface area (Å²) in [5.41, 5.74) is 0. The molecule has 0 fully saturated rings. The first kappa shape index (κ1) is 27.5. The zero-order valence-corrected chi connectivity index (χ0v) is 19.7. The summed E-state index contributed by atoms with van der Waals surface area (Å²) in [5.74, 6) is 0. The van der Waals surface area contributed by atoms with Crippen LogP contribution in [0.3, 0.4) is 0 Å². The van der Waals surface area contributed by atoms with Gasteiger partial charge in [-0.15, -0.1) is 0 Å². The van der Waals surface area contributed by atoms with Crippen molar-refractivity contribution in [3.8, 4) is 0 Å². The van der Waals surface area contributed by atoms with Crippen molar-refractivity contribution in [2.45, 2.75) is 96.8 Å². The van der Waals surface area contributed by atoms with E-state index in [1.807, 2.05) is 0 Å². The molecule has 0 atom stereocenters. The van der Waals surface area contributed by atoms with E-state index < -0.39 is 10.4 Å². The Kier molecular flexibility index (Phi) is 23.5. The van der Waals surface area contributed by atoms with Crippen LogP contribution in [-0.4, -0.2) is 19.6 Å². The van der Waals surface area contributed by atoms with Gasteiger partial charge in [0.1, 0.15) is 0 Å². The quantitative estimate of drug-likeness (QED) is 0.127. The zero-order valence-electron chi connectivity index (χ0n) is 15.8. The molecule has 0 rings (SSSR count). The van der Waals surface area contributed by atoms with Gasteiger partial charge in [0.2, 0.25) is 10.4 Å². The molecule has 0 amide bonds. The van der Waals surface area contributed by atoms with E-state index in [0.29, 0.717) is 6.42 Å². The summed E-state index contributed by atoms with van der Waals surface area (Å²) in [4.78, 5) is 0. The topological polar surface area (TPSA) is 66.4 Å². The third kappa shape index (κ3) is 25.5. The van der Waals surface area contributed by atoms with E-state index in [1.165, 1.54) is 57.8 Å². The summed E-state index contributed by atoms with van der Waals surface area (Å²) >= 11 is 0.